The monoisotopic (exact) mass is 359 g/mol. The molecule has 26 heavy (non-hydrogen) atoms. The van der Waals surface area contributed by atoms with E-state index in [1.165, 1.54) is 6.07 Å². The Morgan fingerprint density at radius 2 is 2.00 bits per heavy atom. The van der Waals surface area contributed by atoms with Gasteiger partial charge >= 0.3 is 12.1 Å². The Morgan fingerprint density at radius 1 is 1.23 bits per heavy atom. The van der Waals surface area contributed by atoms with E-state index in [1.54, 1.807) is 23.2 Å². The summed E-state index contributed by atoms with van der Waals surface area (Å²) in [5.74, 6) is -0.532. The van der Waals surface area contributed by atoms with Crippen molar-refractivity contribution in [2.75, 3.05) is 13.1 Å². The molecule has 0 aliphatic carbocycles. The fourth-order valence-corrected chi connectivity index (χ4v) is 2.65. The van der Waals surface area contributed by atoms with Gasteiger partial charge in [0.15, 0.2) is 0 Å². The van der Waals surface area contributed by atoms with Gasteiger partial charge in [0.2, 0.25) is 5.76 Å². The molecule has 0 N–H and O–H groups in total. The molecule has 3 heterocycles. The molecule has 2 aromatic rings. The molecule has 1 saturated heterocycles. The second kappa shape index (κ2) is 7.99. The number of esters is 1. The zero-order valence-corrected chi connectivity index (χ0v) is 14.8. The van der Waals surface area contributed by atoms with E-state index < -0.39 is 5.97 Å². The molecule has 8 nitrogen and oxygen atoms in total. The second-order valence-corrected chi connectivity index (χ2v) is 6.32. The number of carbonyl (C=O) groups excluding carboxylic acids is 2. The highest BCUT2D eigenvalue weighted by Gasteiger charge is 2.28. The third kappa shape index (κ3) is 4.38. The van der Waals surface area contributed by atoms with Crippen molar-refractivity contribution in [3.05, 3.63) is 36.2 Å². The largest absolute Gasteiger partial charge is 0.456 e. The number of amides is 1. The van der Waals surface area contributed by atoms with Gasteiger partial charge in [0.25, 0.3) is 0 Å². The molecule has 3 rings (SSSR count). The molecule has 0 aromatic carbocycles. The summed E-state index contributed by atoms with van der Waals surface area (Å²) in [5, 5.41) is 3.86. The van der Waals surface area contributed by atoms with Crippen LogP contribution in [0.3, 0.4) is 0 Å². The van der Waals surface area contributed by atoms with Gasteiger partial charge in [-0.05, 0) is 26.0 Å². The van der Waals surface area contributed by atoms with Gasteiger partial charge in [0.05, 0.1) is 11.8 Å². The van der Waals surface area contributed by atoms with E-state index in [4.69, 9.17) is 14.0 Å². The Labute approximate surface area is 151 Å². The van der Waals surface area contributed by atoms with Crippen LogP contribution < -0.4 is 0 Å². The van der Waals surface area contributed by atoms with Gasteiger partial charge in [-0.15, -0.1) is 0 Å². The first-order valence-electron chi connectivity index (χ1n) is 8.57. The highest BCUT2D eigenvalue weighted by molar-refractivity contribution is 5.87. The second-order valence-electron chi connectivity index (χ2n) is 6.32. The van der Waals surface area contributed by atoms with Crippen LogP contribution >= 0.6 is 0 Å². The van der Waals surface area contributed by atoms with Crippen LogP contribution in [-0.4, -0.2) is 52.4 Å². The van der Waals surface area contributed by atoms with Crippen LogP contribution in [0, 0.1) is 0 Å². The smallest absolute Gasteiger partial charge is 0.410 e. The molecule has 8 heteroatoms. The van der Waals surface area contributed by atoms with Crippen molar-refractivity contribution in [1.29, 1.82) is 0 Å². The lowest BCUT2D eigenvalue weighted by Gasteiger charge is -2.31. The van der Waals surface area contributed by atoms with Crippen LogP contribution in [0.4, 0.5) is 4.79 Å². The minimum absolute atomic E-state index is 0.0345. The maximum Gasteiger partial charge on any atom is 0.410 e. The summed E-state index contributed by atoms with van der Waals surface area (Å²) in [7, 11) is 0. The Balaban J connectivity index is 1.52. The number of rotatable bonds is 4. The molecule has 0 spiro atoms. The summed E-state index contributed by atoms with van der Waals surface area (Å²) in [6, 6.07) is 6.91. The van der Waals surface area contributed by atoms with E-state index in [1.807, 2.05) is 19.9 Å². The molecule has 2 aromatic heterocycles. The Bertz CT molecular complexity index is 751. The van der Waals surface area contributed by atoms with Gasteiger partial charge in [0, 0.05) is 38.2 Å². The molecule has 138 valence electrons. The number of aromatic nitrogens is 2. The van der Waals surface area contributed by atoms with Gasteiger partial charge in [0.1, 0.15) is 11.8 Å². The number of hydrogen-bond acceptors (Lipinski definition) is 7. The fourth-order valence-electron chi connectivity index (χ4n) is 2.65. The van der Waals surface area contributed by atoms with Gasteiger partial charge < -0.3 is 18.9 Å². The van der Waals surface area contributed by atoms with Crippen LogP contribution in [0.15, 0.2) is 35.0 Å². The summed E-state index contributed by atoms with van der Waals surface area (Å²) in [4.78, 5) is 29.9. The maximum atomic E-state index is 12.2. The predicted octanol–water partition coefficient (Wildman–Crippen LogP) is 2.90. The molecule has 1 aliphatic rings. The van der Waals surface area contributed by atoms with Crippen molar-refractivity contribution in [2.45, 2.75) is 38.9 Å². The SMILES string of the molecule is CC(C)OC(=O)N1CCC(OC(=O)c2cc(-c3ccccn3)no2)CC1. The lowest BCUT2D eigenvalue weighted by atomic mass is 10.1. The number of piperidine rings is 1. The number of likely N-dealkylation sites (tertiary alicyclic amines) is 1. The van der Waals surface area contributed by atoms with Crippen LogP contribution in [0.2, 0.25) is 0 Å². The van der Waals surface area contributed by atoms with Crippen molar-refractivity contribution in [3.8, 4) is 11.4 Å². The molecular weight excluding hydrogens is 338 g/mol. The summed E-state index contributed by atoms with van der Waals surface area (Å²) in [5.41, 5.74) is 1.09. The zero-order chi connectivity index (χ0) is 18.5. The quantitative estimate of drug-likeness (QED) is 0.775. The summed E-state index contributed by atoms with van der Waals surface area (Å²) in [6.45, 7) is 4.59. The van der Waals surface area contributed by atoms with Crippen LogP contribution in [-0.2, 0) is 9.47 Å². The van der Waals surface area contributed by atoms with Crippen LogP contribution in [0.25, 0.3) is 11.4 Å². The first kappa shape index (κ1) is 17.9. The van der Waals surface area contributed by atoms with Gasteiger partial charge in [-0.2, -0.15) is 0 Å². The molecule has 1 fully saturated rings. The molecule has 1 aliphatic heterocycles. The molecular formula is C18H21N3O5. The number of pyridine rings is 1. The highest BCUT2D eigenvalue weighted by Crippen LogP contribution is 2.20. The lowest BCUT2D eigenvalue weighted by Crippen LogP contribution is -2.42. The highest BCUT2D eigenvalue weighted by atomic mass is 16.6. The van der Waals surface area contributed by atoms with Gasteiger partial charge in [-0.3, -0.25) is 4.98 Å². The lowest BCUT2D eigenvalue weighted by molar-refractivity contribution is 0.00481. The average molecular weight is 359 g/mol. The molecule has 0 radical (unpaired) electrons. The Kier molecular flexibility index (Phi) is 5.50. The Hall–Kier alpha value is -2.90. The minimum atomic E-state index is -0.567. The van der Waals surface area contributed by atoms with E-state index in [0.717, 1.165) is 0 Å². The fraction of sp³-hybridized carbons (Fsp3) is 0.444. The van der Waals surface area contributed by atoms with Gasteiger partial charge in [-0.25, -0.2) is 9.59 Å². The number of carbonyl (C=O) groups is 2. The van der Waals surface area contributed by atoms with E-state index in [-0.39, 0.29) is 24.1 Å². The molecule has 0 saturated carbocycles. The predicted molar refractivity (Wildman–Crippen MR) is 91.4 cm³/mol. The van der Waals surface area contributed by atoms with E-state index in [0.29, 0.717) is 37.3 Å². The van der Waals surface area contributed by atoms with Crippen LogP contribution in [0.1, 0.15) is 37.2 Å². The minimum Gasteiger partial charge on any atom is -0.456 e. The molecule has 0 bridgehead atoms. The first-order chi connectivity index (χ1) is 12.5. The molecule has 0 unspecified atom stereocenters. The normalized spacial score (nSPS) is 15.1. The van der Waals surface area contributed by atoms with E-state index in [9.17, 15) is 9.59 Å². The first-order valence-corrected chi connectivity index (χ1v) is 8.57. The maximum absolute atomic E-state index is 12.2. The summed E-state index contributed by atoms with van der Waals surface area (Å²) < 4.78 is 15.7. The van der Waals surface area contributed by atoms with Crippen LogP contribution in [0.5, 0.6) is 0 Å². The Morgan fingerprint density at radius 3 is 2.65 bits per heavy atom. The standard InChI is InChI=1S/C18H21N3O5/c1-12(2)24-18(23)21-9-6-13(7-10-21)25-17(22)16-11-15(20-26-16)14-5-3-4-8-19-14/h3-5,8,11-13H,6-7,9-10H2,1-2H3. The van der Waals surface area contributed by atoms with E-state index in [2.05, 4.69) is 10.1 Å². The summed E-state index contributed by atoms with van der Waals surface area (Å²) in [6.07, 6.45) is 1.99. The van der Waals surface area contributed by atoms with Crippen molar-refractivity contribution >= 4 is 12.1 Å². The zero-order valence-electron chi connectivity index (χ0n) is 14.8. The van der Waals surface area contributed by atoms with Crippen molar-refractivity contribution in [2.24, 2.45) is 0 Å². The third-order valence-electron chi connectivity index (χ3n) is 3.95. The number of ether oxygens (including phenoxy) is 2. The molecule has 1 amide bonds. The summed E-state index contributed by atoms with van der Waals surface area (Å²) >= 11 is 0. The third-order valence-corrected chi connectivity index (χ3v) is 3.95. The topological polar surface area (TPSA) is 94.8 Å². The average Bonchev–Trinajstić information content (AvgIpc) is 3.13. The number of hydrogen-bond donors (Lipinski definition) is 0. The molecule has 0 atom stereocenters. The van der Waals surface area contributed by atoms with Crippen molar-refractivity contribution in [1.82, 2.24) is 15.0 Å². The van der Waals surface area contributed by atoms with Gasteiger partial charge in [-0.1, -0.05) is 11.2 Å². The van der Waals surface area contributed by atoms with E-state index >= 15 is 0 Å². The number of nitrogens with zero attached hydrogens (tertiary/aromatic N) is 3. The van der Waals surface area contributed by atoms with Crippen molar-refractivity contribution in [3.63, 3.8) is 0 Å². The van der Waals surface area contributed by atoms with Crippen molar-refractivity contribution < 1.29 is 23.6 Å².